The highest BCUT2D eigenvalue weighted by Crippen LogP contribution is 2.25. The fraction of sp³-hybridized carbons (Fsp3) is 0.600. The van der Waals surface area contributed by atoms with E-state index in [0.29, 0.717) is 0 Å². The number of unbranched alkanes of at least 4 members (excludes halogenated alkanes) is 4. The first-order valence-electron chi connectivity index (χ1n) is 8.64. The molecule has 1 nitrogen and oxygen atoms in total. The molecule has 0 aliphatic carbocycles. The summed E-state index contributed by atoms with van der Waals surface area (Å²) in [7, 11) is 0. The van der Waals surface area contributed by atoms with Gasteiger partial charge in [-0.1, -0.05) is 89.3 Å². The fourth-order valence-electron chi connectivity index (χ4n) is 2.93. The SMILES string of the molecule is C=Cc1ccc(CC(N)(CCCCC)CCCCC)cc1. The van der Waals surface area contributed by atoms with Crippen LogP contribution in [0.4, 0.5) is 0 Å². The minimum absolute atomic E-state index is 0.0277. The highest BCUT2D eigenvalue weighted by atomic mass is 14.7. The maximum absolute atomic E-state index is 6.76. The molecule has 0 fully saturated rings. The van der Waals surface area contributed by atoms with Crippen molar-refractivity contribution in [2.45, 2.75) is 77.2 Å². The molecule has 0 aliphatic heterocycles. The average Bonchev–Trinajstić information content (AvgIpc) is 2.48. The average molecular weight is 287 g/mol. The van der Waals surface area contributed by atoms with Gasteiger partial charge in [0.25, 0.3) is 0 Å². The Morgan fingerprint density at radius 1 is 0.952 bits per heavy atom. The second kappa shape index (κ2) is 9.78. The summed E-state index contributed by atoms with van der Waals surface area (Å²) in [6.07, 6.45) is 12.8. The third kappa shape index (κ3) is 6.95. The van der Waals surface area contributed by atoms with E-state index < -0.39 is 0 Å². The van der Waals surface area contributed by atoms with Gasteiger partial charge in [0.2, 0.25) is 0 Å². The van der Waals surface area contributed by atoms with E-state index in [-0.39, 0.29) is 5.54 Å². The van der Waals surface area contributed by atoms with Crippen molar-refractivity contribution < 1.29 is 0 Å². The lowest BCUT2D eigenvalue weighted by atomic mass is 9.82. The zero-order valence-corrected chi connectivity index (χ0v) is 14.0. The summed E-state index contributed by atoms with van der Waals surface area (Å²) in [6.45, 7) is 8.32. The molecule has 0 saturated carbocycles. The third-order valence-electron chi connectivity index (χ3n) is 4.33. The van der Waals surface area contributed by atoms with Crippen LogP contribution in [0.15, 0.2) is 30.8 Å². The molecule has 0 spiro atoms. The Bertz CT molecular complexity index is 381. The van der Waals surface area contributed by atoms with Crippen molar-refractivity contribution >= 4 is 6.08 Å². The normalized spacial score (nSPS) is 11.6. The van der Waals surface area contributed by atoms with E-state index in [1.165, 1.54) is 49.7 Å². The van der Waals surface area contributed by atoms with Crippen LogP contribution in [0.1, 0.15) is 76.3 Å². The lowest BCUT2D eigenvalue weighted by Gasteiger charge is -2.30. The second-order valence-electron chi connectivity index (χ2n) is 6.40. The summed E-state index contributed by atoms with van der Waals surface area (Å²) in [5.74, 6) is 0. The zero-order valence-electron chi connectivity index (χ0n) is 14.0. The van der Waals surface area contributed by atoms with Gasteiger partial charge in [-0.05, 0) is 30.4 Å². The monoisotopic (exact) mass is 287 g/mol. The largest absolute Gasteiger partial charge is 0.325 e. The Kier molecular flexibility index (Phi) is 8.37. The molecule has 1 rings (SSSR count). The molecular formula is C20H33N. The molecule has 118 valence electrons. The van der Waals surface area contributed by atoms with Crippen LogP contribution in [-0.2, 0) is 6.42 Å². The van der Waals surface area contributed by atoms with Gasteiger partial charge in [0.15, 0.2) is 0 Å². The molecule has 0 unspecified atom stereocenters. The van der Waals surface area contributed by atoms with Gasteiger partial charge >= 0.3 is 0 Å². The zero-order chi connectivity index (χ0) is 15.6. The summed E-state index contributed by atoms with van der Waals surface area (Å²) in [4.78, 5) is 0. The lowest BCUT2D eigenvalue weighted by Crippen LogP contribution is -2.42. The molecule has 0 aromatic heterocycles. The molecule has 0 aliphatic rings. The van der Waals surface area contributed by atoms with Crippen molar-refractivity contribution in [3.63, 3.8) is 0 Å². The molecule has 0 atom stereocenters. The first kappa shape index (κ1) is 18.0. The minimum atomic E-state index is -0.0277. The van der Waals surface area contributed by atoms with E-state index in [1.54, 1.807) is 0 Å². The highest BCUT2D eigenvalue weighted by molar-refractivity contribution is 5.47. The van der Waals surface area contributed by atoms with Crippen molar-refractivity contribution in [1.82, 2.24) is 0 Å². The predicted molar refractivity (Wildman–Crippen MR) is 95.4 cm³/mol. The van der Waals surface area contributed by atoms with Crippen molar-refractivity contribution in [2.24, 2.45) is 5.73 Å². The van der Waals surface area contributed by atoms with Crippen molar-refractivity contribution in [3.8, 4) is 0 Å². The van der Waals surface area contributed by atoms with Crippen molar-refractivity contribution in [2.75, 3.05) is 0 Å². The number of hydrogen-bond donors (Lipinski definition) is 1. The molecule has 21 heavy (non-hydrogen) atoms. The third-order valence-corrected chi connectivity index (χ3v) is 4.33. The summed E-state index contributed by atoms with van der Waals surface area (Å²) in [6, 6.07) is 8.69. The highest BCUT2D eigenvalue weighted by Gasteiger charge is 2.24. The van der Waals surface area contributed by atoms with Crippen molar-refractivity contribution in [3.05, 3.63) is 42.0 Å². The van der Waals surface area contributed by atoms with Crippen LogP contribution in [0.25, 0.3) is 6.08 Å². The molecule has 1 heteroatoms. The van der Waals surface area contributed by atoms with Gasteiger partial charge in [0.05, 0.1) is 0 Å². The molecule has 0 saturated heterocycles. The van der Waals surface area contributed by atoms with Crippen LogP contribution in [0, 0.1) is 0 Å². The van der Waals surface area contributed by atoms with Crippen LogP contribution in [0.3, 0.4) is 0 Å². The molecule has 2 N–H and O–H groups in total. The van der Waals surface area contributed by atoms with Crippen LogP contribution in [-0.4, -0.2) is 5.54 Å². The first-order valence-corrected chi connectivity index (χ1v) is 8.64. The van der Waals surface area contributed by atoms with Gasteiger partial charge in [-0.25, -0.2) is 0 Å². The van der Waals surface area contributed by atoms with Crippen molar-refractivity contribution in [1.29, 1.82) is 0 Å². The Hall–Kier alpha value is -1.08. The van der Waals surface area contributed by atoms with Gasteiger partial charge in [0, 0.05) is 5.54 Å². The quantitative estimate of drug-likeness (QED) is 0.517. The van der Waals surface area contributed by atoms with Crippen LogP contribution < -0.4 is 5.73 Å². The predicted octanol–water partition coefficient (Wildman–Crippen LogP) is 5.73. The van der Waals surface area contributed by atoms with E-state index in [4.69, 9.17) is 5.73 Å². The molecule has 0 radical (unpaired) electrons. The Morgan fingerprint density at radius 2 is 1.48 bits per heavy atom. The van der Waals surface area contributed by atoms with Gasteiger partial charge in [-0.15, -0.1) is 0 Å². The molecule has 0 bridgehead atoms. The van der Waals surface area contributed by atoms with Gasteiger partial charge < -0.3 is 5.73 Å². The smallest absolute Gasteiger partial charge is 0.0195 e. The molecule has 0 heterocycles. The van der Waals surface area contributed by atoms with E-state index in [2.05, 4.69) is 44.7 Å². The number of nitrogens with two attached hydrogens (primary N) is 1. The summed E-state index contributed by atoms with van der Waals surface area (Å²) < 4.78 is 0. The standard InChI is InChI=1S/C20H33N/c1-4-7-9-15-20(21,16-10-8-5-2)17-19-13-11-18(6-3)12-14-19/h6,11-14H,3-5,7-10,15-17,21H2,1-2H3. The van der Waals surface area contributed by atoms with Crippen LogP contribution >= 0.6 is 0 Å². The molecular weight excluding hydrogens is 254 g/mol. The summed E-state index contributed by atoms with van der Waals surface area (Å²) >= 11 is 0. The molecule has 0 amide bonds. The van der Waals surface area contributed by atoms with E-state index >= 15 is 0 Å². The Morgan fingerprint density at radius 3 is 1.90 bits per heavy atom. The first-order chi connectivity index (χ1) is 10.1. The number of benzene rings is 1. The molecule has 1 aromatic rings. The fourth-order valence-corrected chi connectivity index (χ4v) is 2.93. The second-order valence-corrected chi connectivity index (χ2v) is 6.40. The van der Waals surface area contributed by atoms with E-state index in [1.807, 2.05) is 6.08 Å². The van der Waals surface area contributed by atoms with Gasteiger partial charge in [-0.3, -0.25) is 0 Å². The van der Waals surface area contributed by atoms with Crippen LogP contribution in [0.2, 0.25) is 0 Å². The van der Waals surface area contributed by atoms with E-state index in [0.717, 1.165) is 19.3 Å². The maximum atomic E-state index is 6.76. The Labute approximate surface area is 131 Å². The van der Waals surface area contributed by atoms with E-state index in [9.17, 15) is 0 Å². The van der Waals surface area contributed by atoms with Gasteiger partial charge in [0.1, 0.15) is 0 Å². The minimum Gasteiger partial charge on any atom is -0.325 e. The van der Waals surface area contributed by atoms with Gasteiger partial charge in [-0.2, -0.15) is 0 Å². The maximum Gasteiger partial charge on any atom is 0.0195 e. The summed E-state index contributed by atoms with van der Waals surface area (Å²) in [5, 5.41) is 0. The van der Waals surface area contributed by atoms with Crippen LogP contribution in [0.5, 0.6) is 0 Å². The topological polar surface area (TPSA) is 26.0 Å². The number of hydrogen-bond acceptors (Lipinski definition) is 1. The lowest BCUT2D eigenvalue weighted by molar-refractivity contribution is 0.336. The number of rotatable bonds is 11. The summed E-state index contributed by atoms with van der Waals surface area (Å²) in [5.41, 5.74) is 9.27. The Balaban J connectivity index is 2.66. The molecule has 1 aromatic carbocycles.